The van der Waals surface area contributed by atoms with Gasteiger partial charge in [0.2, 0.25) is 15.9 Å². The molecule has 0 aliphatic rings. The number of carbonyl (C=O) groups excluding carboxylic acids is 1. The predicted molar refractivity (Wildman–Crippen MR) is 109 cm³/mol. The van der Waals surface area contributed by atoms with E-state index in [1.807, 2.05) is 36.4 Å². The number of hydrogen-bond acceptors (Lipinski definition) is 3. The second-order valence-electron chi connectivity index (χ2n) is 7.19. The molecule has 2 aromatic rings. The van der Waals surface area contributed by atoms with Crippen molar-refractivity contribution < 1.29 is 13.2 Å². The second kappa shape index (κ2) is 9.15. The smallest absolute Gasteiger partial charge is 0.243 e. The van der Waals surface area contributed by atoms with Crippen LogP contribution in [0.15, 0.2) is 60.7 Å². The molecule has 1 amide bonds. The summed E-state index contributed by atoms with van der Waals surface area (Å²) in [6.45, 7) is 4.19. The molecule has 0 bridgehead atoms. The van der Waals surface area contributed by atoms with Gasteiger partial charge >= 0.3 is 0 Å². The highest BCUT2D eigenvalue weighted by Crippen LogP contribution is 2.26. The maximum Gasteiger partial charge on any atom is 0.243 e. The summed E-state index contributed by atoms with van der Waals surface area (Å²) in [5, 5.41) is 3.07. The Bertz CT molecular complexity index is 836. The first-order valence-electron chi connectivity index (χ1n) is 9.03. The summed E-state index contributed by atoms with van der Waals surface area (Å²) in [5.74, 6) is 0.0435. The molecular weight excluding hydrogens is 360 g/mol. The van der Waals surface area contributed by atoms with E-state index >= 15 is 0 Å². The van der Waals surface area contributed by atoms with E-state index in [-0.39, 0.29) is 11.9 Å². The number of rotatable bonds is 8. The van der Waals surface area contributed by atoms with Crippen LogP contribution in [0.2, 0.25) is 0 Å². The van der Waals surface area contributed by atoms with Crippen molar-refractivity contribution in [2.75, 3.05) is 13.3 Å². The van der Waals surface area contributed by atoms with Crippen LogP contribution in [0.25, 0.3) is 0 Å². The molecule has 0 unspecified atom stereocenters. The quantitative estimate of drug-likeness (QED) is 0.752. The van der Waals surface area contributed by atoms with Gasteiger partial charge in [0.15, 0.2) is 0 Å². The zero-order valence-electron chi connectivity index (χ0n) is 16.3. The molecule has 0 aliphatic heterocycles. The van der Waals surface area contributed by atoms with Crippen LogP contribution in [0.5, 0.6) is 0 Å². The van der Waals surface area contributed by atoms with Gasteiger partial charge in [-0.05, 0) is 23.5 Å². The van der Waals surface area contributed by atoms with Crippen LogP contribution in [0.1, 0.15) is 43.5 Å². The summed E-state index contributed by atoms with van der Waals surface area (Å²) in [6, 6.07) is 17.6. The Morgan fingerprint density at radius 1 is 0.963 bits per heavy atom. The van der Waals surface area contributed by atoms with E-state index in [2.05, 4.69) is 19.2 Å². The first-order chi connectivity index (χ1) is 12.7. The Hall–Kier alpha value is -2.18. The summed E-state index contributed by atoms with van der Waals surface area (Å²) in [6.07, 6.45) is 1.87. The van der Waals surface area contributed by atoms with E-state index in [0.717, 1.165) is 22.5 Å². The third kappa shape index (κ3) is 5.91. The third-order valence-corrected chi connectivity index (χ3v) is 5.73. The third-order valence-electron chi connectivity index (χ3n) is 4.48. The molecule has 0 saturated carbocycles. The Morgan fingerprint density at radius 2 is 1.44 bits per heavy atom. The lowest BCUT2D eigenvalue weighted by Crippen LogP contribution is -2.42. The van der Waals surface area contributed by atoms with Crippen molar-refractivity contribution in [1.82, 2.24) is 9.62 Å². The highest BCUT2D eigenvalue weighted by atomic mass is 32.2. The molecule has 2 rings (SSSR count). The molecule has 0 radical (unpaired) electrons. The zero-order chi connectivity index (χ0) is 20.0. The molecule has 0 aromatic heterocycles. The van der Waals surface area contributed by atoms with E-state index in [0.29, 0.717) is 11.5 Å². The minimum atomic E-state index is -3.55. The summed E-state index contributed by atoms with van der Waals surface area (Å²) in [7, 11) is -2.11. The van der Waals surface area contributed by atoms with Gasteiger partial charge in [0.05, 0.1) is 12.3 Å². The summed E-state index contributed by atoms with van der Waals surface area (Å²) in [4.78, 5) is 13.2. The molecule has 0 aliphatic carbocycles. The number of sulfonamides is 1. The second-order valence-corrected chi connectivity index (χ2v) is 9.24. The van der Waals surface area contributed by atoms with Crippen LogP contribution >= 0.6 is 0 Å². The van der Waals surface area contributed by atoms with E-state index < -0.39 is 16.1 Å². The molecule has 0 saturated heterocycles. The summed E-state index contributed by atoms with van der Waals surface area (Å²) >= 11 is 0. The SMILES string of the molecule is CC(C)C[C@H](NC(=O)[C@H](c1ccccc1)N(C)S(C)(=O)=O)c1ccccc1. The van der Waals surface area contributed by atoms with Crippen molar-refractivity contribution in [3.8, 4) is 0 Å². The van der Waals surface area contributed by atoms with Gasteiger partial charge < -0.3 is 5.32 Å². The lowest BCUT2D eigenvalue weighted by Gasteiger charge is -2.29. The van der Waals surface area contributed by atoms with E-state index in [1.54, 1.807) is 24.3 Å². The Balaban J connectivity index is 2.35. The van der Waals surface area contributed by atoms with Crippen LogP contribution in [0.4, 0.5) is 0 Å². The molecular formula is C21H28N2O3S. The number of hydrogen-bond donors (Lipinski definition) is 1. The summed E-state index contributed by atoms with van der Waals surface area (Å²) < 4.78 is 25.4. The van der Waals surface area contributed by atoms with Crippen LogP contribution in [-0.4, -0.2) is 31.9 Å². The zero-order valence-corrected chi connectivity index (χ0v) is 17.1. The van der Waals surface area contributed by atoms with Gasteiger partial charge in [-0.15, -0.1) is 0 Å². The Labute approximate surface area is 162 Å². The molecule has 0 fully saturated rings. The van der Waals surface area contributed by atoms with Crippen LogP contribution < -0.4 is 5.32 Å². The molecule has 0 heterocycles. The lowest BCUT2D eigenvalue weighted by atomic mass is 9.96. The van der Waals surface area contributed by atoms with Gasteiger partial charge in [0.1, 0.15) is 6.04 Å². The van der Waals surface area contributed by atoms with Gasteiger partial charge in [-0.2, -0.15) is 4.31 Å². The van der Waals surface area contributed by atoms with Gasteiger partial charge in [-0.25, -0.2) is 8.42 Å². The number of benzene rings is 2. The average Bonchev–Trinajstić information content (AvgIpc) is 2.62. The number of amides is 1. The Kier molecular flexibility index (Phi) is 7.16. The minimum absolute atomic E-state index is 0.183. The van der Waals surface area contributed by atoms with E-state index in [4.69, 9.17) is 0 Å². The molecule has 146 valence electrons. The van der Waals surface area contributed by atoms with Gasteiger partial charge in [0, 0.05) is 7.05 Å². The van der Waals surface area contributed by atoms with E-state index in [9.17, 15) is 13.2 Å². The molecule has 2 atom stereocenters. The minimum Gasteiger partial charge on any atom is -0.348 e. The molecule has 1 N–H and O–H groups in total. The fourth-order valence-electron chi connectivity index (χ4n) is 3.04. The number of likely N-dealkylation sites (N-methyl/N-ethyl adjacent to an activating group) is 1. The topological polar surface area (TPSA) is 66.5 Å². The van der Waals surface area contributed by atoms with Crippen LogP contribution in [-0.2, 0) is 14.8 Å². The standard InChI is InChI=1S/C21H28N2O3S/c1-16(2)15-19(17-11-7-5-8-12-17)22-21(24)20(23(3)27(4,25)26)18-13-9-6-10-14-18/h5-14,16,19-20H,15H2,1-4H3,(H,22,24)/t19-,20-/m0/s1. The van der Waals surface area contributed by atoms with Gasteiger partial charge in [-0.3, -0.25) is 4.79 Å². The Morgan fingerprint density at radius 3 is 1.89 bits per heavy atom. The van der Waals surface area contributed by atoms with Crippen molar-refractivity contribution in [1.29, 1.82) is 0 Å². The monoisotopic (exact) mass is 388 g/mol. The molecule has 0 spiro atoms. The maximum atomic E-state index is 13.2. The number of nitrogens with one attached hydrogen (secondary N) is 1. The largest absolute Gasteiger partial charge is 0.348 e. The predicted octanol–water partition coefficient (Wildman–Crippen LogP) is 3.52. The lowest BCUT2D eigenvalue weighted by molar-refractivity contribution is -0.125. The summed E-state index contributed by atoms with van der Waals surface area (Å²) in [5.41, 5.74) is 1.65. The number of carbonyl (C=O) groups is 1. The number of nitrogens with zero attached hydrogens (tertiary/aromatic N) is 1. The highest BCUT2D eigenvalue weighted by molar-refractivity contribution is 7.88. The van der Waals surface area contributed by atoms with Crippen LogP contribution in [0.3, 0.4) is 0 Å². The van der Waals surface area contributed by atoms with Gasteiger partial charge in [0.25, 0.3) is 0 Å². The molecule has 2 aromatic carbocycles. The van der Waals surface area contributed by atoms with E-state index in [1.165, 1.54) is 7.05 Å². The highest BCUT2D eigenvalue weighted by Gasteiger charge is 2.32. The fourth-order valence-corrected chi connectivity index (χ4v) is 3.64. The first-order valence-corrected chi connectivity index (χ1v) is 10.9. The molecule has 5 nitrogen and oxygen atoms in total. The first kappa shape index (κ1) is 21.1. The van der Waals surface area contributed by atoms with Crippen molar-refractivity contribution in [2.24, 2.45) is 5.92 Å². The average molecular weight is 389 g/mol. The molecule has 6 heteroatoms. The molecule has 27 heavy (non-hydrogen) atoms. The van der Waals surface area contributed by atoms with Crippen LogP contribution in [0, 0.1) is 5.92 Å². The fraction of sp³-hybridized carbons (Fsp3) is 0.381. The van der Waals surface area contributed by atoms with Crippen molar-refractivity contribution in [3.05, 3.63) is 71.8 Å². The van der Waals surface area contributed by atoms with Crippen molar-refractivity contribution in [2.45, 2.75) is 32.4 Å². The van der Waals surface area contributed by atoms with Crippen molar-refractivity contribution >= 4 is 15.9 Å². The maximum absolute atomic E-state index is 13.2. The van der Waals surface area contributed by atoms with Gasteiger partial charge in [-0.1, -0.05) is 74.5 Å². The van der Waals surface area contributed by atoms with Crippen molar-refractivity contribution in [3.63, 3.8) is 0 Å². The normalized spacial score (nSPS) is 14.1.